The third-order valence-electron chi connectivity index (χ3n) is 6.59. The van der Waals surface area contributed by atoms with Crippen molar-refractivity contribution in [3.05, 3.63) is 52.4 Å². The van der Waals surface area contributed by atoms with Gasteiger partial charge in [0.05, 0.1) is 18.8 Å². The van der Waals surface area contributed by atoms with Crippen LogP contribution in [0.2, 0.25) is 0 Å². The van der Waals surface area contributed by atoms with Crippen LogP contribution in [-0.2, 0) is 23.9 Å². The monoisotopic (exact) mass is 454 g/mol. The highest BCUT2D eigenvalue weighted by molar-refractivity contribution is 6.12. The van der Waals surface area contributed by atoms with Crippen LogP contribution in [0.1, 0.15) is 52.0 Å². The van der Waals surface area contributed by atoms with Crippen LogP contribution in [0, 0.1) is 11.8 Å². The summed E-state index contributed by atoms with van der Waals surface area (Å²) >= 11 is 0. The average molecular weight is 455 g/mol. The molecule has 0 spiro atoms. The predicted molar refractivity (Wildman–Crippen MR) is 127 cm³/mol. The molecular formula is C26H34N2O5. The Labute approximate surface area is 195 Å². The van der Waals surface area contributed by atoms with Gasteiger partial charge in [-0.15, -0.1) is 0 Å². The molecule has 0 fully saturated rings. The molecule has 7 heteroatoms. The molecule has 0 radical (unpaired) electrons. The van der Waals surface area contributed by atoms with Gasteiger partial charge in [-0.25, -0.2) is 4.79 Å². The molecule has 178 valence electrons. The van der Waals surface area contributed by atoms with E-state index in [0.717, 1.165) is 16.9 Å². The third-order valence-corrected chi connectivity index (χ3v) is 6.59. The largest absolute Gasteiger partial charge is 0.468 e. The first-order valence-corrected chi connectivity index (χ1v) is 11.4. The van der Waals surface area contributed by atoms with Gasteiger partial charge >= 0.3 is 11.9 Å². The van der Waals surface area contributed by atoms with E-state index >= 15 is 0 Å². The molecule has 1 aromatic carbocycles. The Bertz CT molecular complexity index is 1010. The van der Waals surface area contributed by atoms with E-state index in [9.17, 15) is 14.4 Å². The molecule has 4 atom stereocenters. The van der Waals surface area contributed by atoms with E-state index in [4.69, 9.17) is 9.47 Å². The second kappa shape index (κ2) is 9.81. The molecule has 1 heterocycles. The van der Waals surface area contributed by atoms with Crippen molar-refractivity contribution in [3.8, 4) is 0 Å². The normalized spacial score (nSPS) is 23.5. The summed E-state index contributed by atoms with van der Waals surface area (Å²) in [6.45, 7) is 7.50. The van der Waals surface area contributed by atoms with Crippen molar-refractivity contribution in [2.75, 3.05) is 26.1 Å². The summed E-state index contributed by atoms with van der Waals surface area (Å²) in [5.74, 6) is -3.04. The van der Waals surface area contributed by atoms with E-state index in [1.54, 1.807) is 0 Å². The molecule has 2 aliphatic rings. The Morgan fingerprint density at radius 3 is 2.39 bits per heavy atom. The molecule has 0 bridgehead atoms. The van der Waals surface area contributed by atoms with E-state index in [-0.39, 0.29) is 17.8 Å². The fraction of sp³-hybridized carbons (Fsp3) is 0.500. The first-order chi connectivity index (χ1) is 15.6. The number of esters is 2. The number of hydrogen-bond acceptors (Lipinski definition) is 7. The Morgan fingerprint density at radius 1 is 1.21 bits per heavy atom. The second-order valence-electron chi connectivity index (χ2n) is 9.15. The van der Waals surface area contributed by atoms with Crippen molar-refractivity contribution in [3.63, 3.8) is 0 Å². The summed E-state index contributed by atoms with van der Waals surface area (Å²) in [5, 5.41) is 3.29. The molecule has 1 aliphatic heterocycles. The zero-order valence-electron chi connectivity index (χ0n) is 20.5. The van der Waals surface area contributed by atoms with Gasteiger partial charge in [0.1, 0.15) is 5.92 Å². The summed E-state index contributed by atoms with van der Waals surface area (Å²) in [6.07, 6.45) is 0.940. The number of nitrogens with one attached hydrogen (secondary N) is 1. The van der Waals surface area contributed by atoms with E-state index in [0.29, 0.717) is 29.7 Å². The van der Waals surface area contributed by atoms with Gasteiger partial charge in [-0.3, -0.25) is 9.59 Å². The number of ketones is 1. The number of dihydropyridines is 1. The number of carbonyl (C=O) groups is 3. The fourth-order valence-electron chi connectivity index (χ4n) is 4.58. The van der Waals surface area contributed by atoms with Crippen molar-refractivity contribution >= 4 is 23.4 Å². The molecular weight excluding hydrogens is 420 g/mol. The number of Topliss-reactive ketones (excluding diaryl/α,β-unsaturated/α-hetero) is 1. The minimum Gasteiger partial charge on any atom is -0.468 e. The fourth-order valence-corrected chi connectivity index (χ4v) is 4.58. The number of ether oxygens (including phenoxy) is 2. The maximum atomic E-state index is 13.7. The SMILES string of the molecule is CC[C@@H](C)OC(=O)C1=C(C)NC2=C(C(=O)[C@H](C(=O)OC)[C@@H](C)C2)[C@@H]1c1ccc(N(C)C)cc1. The number of anilines is 1. The highest BCUT2D eigenvalue weighted by atomic mass is 16.5. The molecule has 0 unspecified atom stereocenters. The van der Waals surface area contributed by atoms with Gasteiger partial charge in [0.25, 0.3) is 0 Å². The number of nitrogens with zero attached hydrogens (tertiary/aromatic N) is 1. The number of rotatable bonds is 6. The Kier molecular flexibility index (Phi) is 7.30. The lowest BCUT2D eigenvalue weighted by molar-refractivity contribution is -0.151. The van der Waals surface area contributed by atoms with Gasteiger partial charge in [-0.05, 0) is 50.3 Å². The number of hydrogen-bond donors (Lipinski definition) is 1. The topological polar surface area (TPSA) is 84.9 Å². The smallest absolute Gasteiger partial charge is 0.337 e. The van der Waals surface area contributed by atoms with Crippen molar-refractivity contribution < 1.29 is 23.9 Å². The Morgan fingerprint density at radius 2 is 1.85 bits per heavy atom. The van der Waals surface area contributed by atoms with Gasteiger partial charge in [0, 0.05) is 42.7 Å². The molecule has 0 aromatic heterocycles. The minimum absolute atomic E-state index is 0.214. The Hall–Kier alpha value is -3.09. The first-order valence-electron chi connectivity index (χ1n) is 11.4. The van der Waals surface area contributed by atoms with Crippen LogP contribution in [0.15, 0.2) is 46.8 Å². The van der Waals surface area contributed by atoms with Crippen molar-refractivity contribution in [2.24, 2.45) is 11.8 Å². The molecule has 1 N–H and O–H groups in total. The van der Waals surface area contributed by atoms with Gasteiger partial charge in [-0.1, -0.05) is 26.0 Å². The summed E-state index contributed by atoms with van der Waals surface area (Å²) in [7, 11) is 5.19. The Balaban J connectivity index is 2.16. The van der Waals surface area contributed by atoms with E-state index < -0.39 is 23.8 Å². The van der Waals surface area contributed by atoms with Crippen LogP contribution in [0.4, 0.5) is 5.69 Å². The van der Waals surface area contributed by atoms with Crippen LogP contribution in [0.5, 0.6) is 0 Å². The zero-order chi connectivity index (χ0) is 24.4. The highest BCUT2D eigenvalue weighted by Gasteiger charge is 2.47. The van der Waals surface area contributed by atoms with Crippen LogP contribution in [-0.4, -0.2) is 45.0 Å². The molecule has 0 saturated heterocycles. The molecule has 3 rings (SSSR count). The van der Waals surface area contributed by atoms with Crippen LogP contribution >= 0.6 is 0 Å². The van der Waals surface area contributed by atoms with Gasteiger partial charge in [-0.2, -0.15) is 0 Å². The number of benzene rings is 1. The summed E-state index contributed by atoms with van der Waals surface area (Å²) in [6, 6.07) is 7.77. The summed E-state index contributed by atoms with van der Waals surface area (Å²) in [4.78, 5) is 41.5. The lowest BCUT2D eigenvalue weighted by atomic mass is 9.69. The number of methoxy groups -OCH3 is 1. The molecule has 1 aromatic rings. The van der Waals surface area contributed by atoms with Crippen molar-refractivity contribution in [1.82, 2.24) is 5.32 Å². The second-order valence-corrected chi connectivity index (χ2v) is 9.15. The quantitative estimate of drug-likeness (QED) is 0.518. The van der Waals surface area contributed by atoms with Crippen LogP contribution in [0.3, 0.4) is 0 Å². The summed E-state index contributed by atoms with van der Waals surface area (Å²) in [5.41, 5.74) is 4.08. The lowest BCUT2D eigenvalue weighted by Gasteiger charge is -2.38. The maximum Gasteiger partial charge on any atom is 0.337 e. The van der Waals surface area contributed by atoms with Crippen LogP contribution < -0.4 is 10.2 Å². The maximum absolute atomic E-state index is 13.7. The lowest BCUT2D eigenvalue weighted by Crippen LogP contribution is -2.43. The highest BCUT2D eigenvalue weighted by Crippen LogP contribution is 2.45. The van der Waals surface area contributed by atoms with E-state index in [1.165, 1.54) is 7.11 Å². The summed E-state index contributed by atoms with van der Waals surface area (Å²) < 4.78 is 10.6. The van der Waals surface area contributed by atoms with Gasteiger partial charge in [0.15, 0.2) is 5.78 Å². The molecule has 1 aliphatic carbocycles. The van der Waals surface area contributed by atoms with Crippen LogP contribution in [0.25, 0.3) is 0 Å². The number of carbonyl (C=O) groups excluding carboxylic acids is 3. The van der Waals surface area contributed by atoms with Gasteiger partial charge < -0.3 is 19.7 Å². The van der Waals surface area contributed by atoms with E-state index in [2.05, 4.69) is 5.32 Å². The standard InChI is InChI=1S/C26H34N2O5/c1-8-15(3)33-26(31)21-16(4)27-19-13-14(2)20(25(30)32-7)24(29)23(19)22(21)17-9-11-18(12-10-17)28(5)6/h9-12,14-15,20,22,27H,8,13H2,1-7H3/t14-,15+,20+,22+/m0/s1. The van der Waals surface area contributed by atoms with Gasteiger partial charge in [0.2, 0.25) is 0 Å². The number of allylic oxidation sites excluding steroid dienone is 3. The molecule has 33 heavy (non-hydrogen) atoms. The zero-order valence-corrected chi connectivity index (χ0v) is 20.5. The predicted octanol–water partition coefficient (Wildman–Crippen LogP) is 3.71. The first kappa shape index (κ1) is 24.6. The molecule has 0 amide bonds. The van der Waals surface area contributed by atoms with E-state index in [1.807, 2.05) is 71.0 Å². The molecule has 7 nitrogen and oxygen atoms in total. The van der Waals surface area contributed by atoms with Crippen molar-refractivity contribution in [1.29, 1.82) is 0 Å². The third kappa shape index (κ3) is 4.68. The average Bonchev–Trinajstić information content (AvgIpc) is 2.77. The minimum atomic E-state index is -0.899. The van der Waals surface area contributed by atoms with Crippen molar-refractivity contribution in [2.45, 2.75) is 52.6 Å². The molecule has 0 saturated carbocycles.